The van der Waals surface area contributed by atoms with Gasteiger partial charge in [0.15, 0.2) is 0 Å². The summed E-state index contributed by atoms with van der Waals surface area (Å²) < 4.78 is 5.08. The molecule has 2 nitrogen and oxygen atoms in total. The fourth-order valence-electron chi connectivity index (χ4n) is 1.13. The topological polar surface area (TPSA) is 29.5 Å². The van der Waals surface area contributed by atoms with E-state index < -0.39 is 0 Å². The van der Waals surface area contributed by atoms with Crippen molar-refractivity contribution in [2.75, 3.05) is 0 Å². The molecule has 0 saturated heterocycles. The van der Waals surface area contributed by atoms with Crippen molar-refractivity contribution in [1.29, 1.82) is 0 Å². The largest absolute Gasteiger partial charge is 0.389 e. The Hall–Kier alpha value is 0.390. The second-order valence-corrected chi connectivity index (χ2v) is 3.17. The lowest BCUT2D eigenvalue weighted by molar-refractivity contribution is 0.113. The Morgan fingerprint density at radius 2 is 2.40 bits per heavy atom. The third-order valence-corrected chi connectivity index (χ3v) is 2.59. The monoisotopic (exact) mass is 254 g/mol. The van der Waals surface area contributed by atoms with E-state index in [2.05, 4.69) is 6.58 Å². The predicted molar refractivity (Wildman–Crippen MR) is 47.9 cm³/mol. The van der Waals surface area contributed by atoms with Crippen LogP contribution in [0.3, 0.4) is 0 Å². The summed E-state index contributed by atoms with van der Waals surface area (Å²) >= 11 is 1.88. The first-order valence-corrected chi connectivity index (χ1v) is 4.25. The van der Waals surface area contributed by atoms with Gasteiger partial charge in [0.25, 0.3) is 0 Å². The van der Waals surface area contributed by atoms with Crippen LogP contribution in [0.5, 0.6) is 0 Å². The molecule has 0 heterocycles. The average Bonchev–Trinajstić information content (AvgIpc) is 1.95. The summed E-state index contributed by atoms with van der Waals surface area (Å²) in [5.74, 6) is 0. The standard InChI is InChI=1S/C7H11IO2/c1-5-2-3-6(10-8)4-7(5)9/h6-7,9H,1-4H2. The molecule has 2 atom stereocenters. The highest BCUT2D eigenvalue weighted by molar-refractivity contribution is 14.1. The Bertz CT molecular complexity index is 136. The first kappa shape index (κ1) is 8.49. The van der Waals surface area contributed by atoms with Gasteiger partial charge in [-0.15, -0.1) is 0 Å². The van der Waals surface area contributed by atoms with E-state index in [9.17, 15) is 5.11 Å². The molecule has 1 saturated carbocycles. The molecule has 0 spiro atoms. The third kappa shape index (κ3) is 1.93. The minimum Gasteiger partial charge on any atom is -0.389 e. The summed E-state index contributed by atoms with van der Waals surface area (Å²) in [6.45, 7) is 3.76. The van der Waals surface area contributed by atoms with E-state index in [4.69, 9.17) is 3.07 Å². The number of hydrogen-bond donors (Lipinski definition) is 1. The van der Waals surface area contributed by atoms with Crippen LogP contribution >= 0.6 is 23.0 Å². The van der Waals surface area contributed by atoms with E-state index in [1.165, 1.54) is 0 Å². The fraction of sp³-hybridized carbons (Fsp3) is 0.714. The van der Waals surface area contributed by atoms with Gasteiger partial charge in [0.05, 0.1) is 12.2 Å². The Morgan fingerprint density at radius 3 is 2.90 bits per heavy atom. The van der Waals surface area contributed by atoms with Crippen molar-refractivity contribution < 1.29 is 8.17 Å². The Kier molecular flexibility index (Phi) is 3.13. The van der Waals surface area contributed by atoms with Crippen molar-refractivity contribution in [3.05, 3.63) is 12.2 Å². The SMILES string of the molecule is C=C1CCC(OI)CC1O. The first-order valence-electron chi connectivity index (χ1n) is 3.37. The summed E-state index contributed by atoms with van der Waals surface area (Å²) in [7, 11) is 0. The number of aliphatic hydroxyl groups is 1. The summed E-state index contributed by atoms with van der Waals surface area (Å²) in [5, 5.41) is 9.30. The number of halogens is 1. The highest BCUT2D eigenvalue weighted by Crippen LogP contribution is 2.25. The fourth-order valence-corrected chi connectivity index (χ4v) is 1.59. The van der Waals surface area contributed by atoms with Gasteiger partial charge in [-0.2, -0.15) is 0 Å². The maximum Gasteiger partial charge on any atom is 0.110 e. The zero-order valence-electron chi connectivity index (χ0n) is 5.72. The van der Waals surface area contributed by atoms with Crippen LogP contribution in [0.2, 0.25) is 0 Å². The first-order chi connectivity index (χ1) is 4.74. The summed E-state index contributed by atoms with van der Waals surface area (Å²) in [6.07, 6.45) is 2.49. The van der Waals surface area contributed by atoms with E-state index >= 15 is 0 Å². The van der Waals surface area contributed by atoms with Gasteiger partial charge in [-0.3, -0.25) is 0 Å². The number of rotatable bonds is 1. The predicted octanol–water partition coefficient (Wildman–Crippen LogP) is 1.82. The molecule has 1 fully saturated rings. The van der Waals surface area contributed by atoms with Crippen molar-refractivity contribution >= 4 is 23.0 Å². The van der Waals surface area contributed by atoms with E-state index in [1.54, 1.807) is 0 Å². The molecule has 0 amide bonds. The van der Waals surface area contributed by atoms with Crippen LogP contribution in [0.25, 0.3) is 0 Å². The lowest BCUT2D eigenvalue weighted by atomic mass is 9.91. The van der Waals surface area contributed by atoms with Gasteiger partial charge in [-0.05, 0) is 18.4 Å². The molecular weight excluding hydrogens is 243 g/mol. The van der Waals surface area contributed by atoms with Crippen molar-refractivity contribution in [3.8, 4) is 0 Å². The van der Waals surface area contributed by atoms with Gasteiger partial charge >= 0.3 is 0 Å². The molecule has 10 heavy (non-hydrogen) atoms. The summed E-state index contributed by atoms with van der Waals surface area (Å²) in [5.41, 5.74) is 0.949. The maximum atomic E-state index is 9.30. The van der Waals surface area contributed by atoms with Gasteiger partial charge in [0.1, 0.15) is 23.0 Å². The molecule has 1 rings (SSSR count). The van der Waals surface area contributed by atoms with E-state index in [1.807, 2.05) is 23.0 Å². The molecular formula is C7H11IO2. The minimum absolute atomic E-state index is 0.223. The Labute approximate surface area is 75.0 Å². The van der Waals surface area contributed by atoms with Gasteiger partial charge in [0, 0.05) is 6.42 Å². The zero-order valence-corrected chi connectivity index (χ0v) is 7.87. The summed E-state index contributed by atoms with van der Waals surface area (Å²) in [4.78, 5) is 0. The molecule has 2 unspecified atom stereocenters. The molecule has 0 aliphatic heterocycles. The average molecular weight is 254 g/mol. The molecule has 1 N–H and O–H groups in total. The summed E-state index contributed by atoms with van der Waals surface area (Å²) in [6, 6.07) is 0. The van der Waals surface area contributed by atoms with E-state index in [0.29, 0.717) is 6.42 Å². The number of aliphatic hydroxyl groups excluding tert-OH is 1. The zero-order chi connectivity index (χ0) is 7.56. The van der Waals surface area contributed by atoms with E-state index in [0.717, 1.165) is 18.4 Å². The van der Waals surface area contributed by atoms with Crippen LogP contribution < -0.4 is 0 Å². The van der Waals surface area contributed by atoms with Gasteiger partial charge in [-0.1, -0.05) is 6.58 Å². The lowest BCUT2D eigenvalue weighted by Gasteiger charge is -2.25. The van der Waals surface area contributed by atoms with Gasteiger partial charge < -0.3 is 8.17 Å². The van der Waals surface area contributed by atoms with Crippen LogP contribution in [-0.4, -0.2) is 17.3 Å². The molecule has 0 aromatic carbocycles. The van der Waals surface area contributed by atoms with Crippen LogP contribution in [0.4, 0.5) is 0 Å². The highest BCUT2D eigenvalue weighted by atomic mass is 127. The van der Waals surface area contributed by atoms with Crippen LogP contribution in [0, 0.1) is 0 Å². The van der Waals surface area contributed by atoms with Crippen LogP contribution in [0.1, 0.15) is 19.3 Å². The molecule has 1 aliphatic carbocycles. The number of hydrogen-bond acceptors (Lipinski definition) is 2. The second kappa shape index (κ2) is 3.69. The minimum atomic E-state index is -0.339. The lowest BCUT2D eigenvalue weighted by Crippen LogP contribution is -2.25. The van der Waals surface area contributed by atoms with Crippen LogP contribution in [-0.2, 0) is 3.07 Å². The van der Waals surface area contributed by atoms with Crippen molar-refractivity contribution in [1.82, 2.24) is 0 Å². The Morgan fingerprint density at radius 1 is 1.70 bits per heavy atom. The molecule has 0 radical (unpaired) electrons. The molecule has 3 heteroatoms. The molecule has 58 valence electrons. The third-order valence-electron chi connectivity index (χ3n) is 1.87. The second-order valence-electron chi connectivity index (χ2n) is 2.66. The van der Waals surface area contributed by atoms with Gasteiger partial charge in [0.2, 0.25) is 0 Å². The van der Waals surface area contributed by atoms with Crippen molar-refractivity contribution in [2.45, 2.75) is 31.5 Å². The molecule has 1 aliphatic rings. The Balaban J connectivity index is 2.40. The van der Waals surface area contributed by atoms with Crippen molar-refractivity contribution in [3.63, 3.8) is 0 Å². The maximum absolute atomic E-state index is 9.30. The van der Waals surface area contributed by atoms with Crippen LogP contribution in [0.15, 0.2) is 12.2 Å². The normalized spacial score (nSPS) is 34.4. The molecule has 0 aromatic heterocycles. The van der Waals surface area contributed by atoms with Gasteiger partial charge in [-0.25, -0.2) is 0 Å². The van der Waals surface area contributed by atoms with E-state index in [-0.39, 0.29) is 12.2 Å². The molecule has 0 aromatic rings. The van der Waals surface area contributed by atoms with Crippen molar-refractivity contribution in [2.24, 2.45) is 0 Å². The quantitative estimate of drug-likeness (QED) is 0.571. The molecule has 0 bridgehead atoms. The smallest absolute Gasteiger partial charge is 0.110 e. The highest BCUT2D eigenvalue weighted by Gasteiger charge is 2.22.